The molecule has 1 aliphatic rings. The minimum atomic E-state index is -3.40. The third-order valence-electron chi connectivity index (χ3n) is 3.69. The maximum absolute atomic E-state index is 12.1. The highest BCUT2D eigenvalue weighted by Crippen LogP contribution is 2.26. The first kappa shape index (κ1) is 16.3. The van der Waals surface area contributed by atoms with Crippen LogP contribution in [0.3, 0.4) is 0 Å². The molecule has 1 unspecified atom stereocenters. The molecule has 1 aromatic carbocycles. The Labute approximate surface area is 127 Å². The van der Waals surface area contributed by atoms with Crippen LogP contribution in [0, 0.1) is 0 Å². The van der Waals surface area contributed by atoms with Crippen molar-refractivity contribution in [3.63, 3.8) is 0 Å². The zero-order valence-electron chi connectivity index (χ0n) is 13.0. The van der Waals surface area contributed by atoms with Crippen molar-refractivity contribution in [1.82, 2.24) is 10.0 Å². The molecule has 0 radical (unpaired) electrons. The summed E-state index contributed by atoms with van der Waals surface area (Å²) in [4.78, 5) is 2.67. The highest BCUT2D eigenvalue weighted by atomic mass is 32.2. The van der Waals surface area contributed by atoms with Crippen LogP contribution >= 0.6 is 0 Å². The molecule has 2 N–H and O–H groups in total. The van der Waals surface area contributed by atoms with Crippen LogP contribution in [-0.2, 0) is 10.0 Å². The van der Waals surface area contributed by atoms with Gasteiger partial charge in [-0.2, -0.15) is 0 Å². The van der Waals surface area contributed by atoms with Gasteiger partial charge in [0, 0.05) is 30.9 Å². The van der Waals surface area contributed by atoms with Gasteiger partial charge in [0.05, 0.1) is 4.90 Å². The molecule has 21 heavy (non-hydrogen) atoms. The largest absolute Gasteiger partial charge is 0.367 e. The van der Waals surface area contributed by atoms with E-state index in [1.165, 1.54) is 12.8 Å². The van der Waals surface area contributed by atoms with E-state index >= 15 is 0 Å². The van der Waals surface area contributed by atoms with Crippen molar-refractivity contribution >= 4 is 15.7 Å². The van der Waals surface area contributed by atoms with Crippen molar-refractivity contribution in [2.75, 3.05) is 25.0 Å². The Morgan fingerprint density at radius 1 is 1.29 bits per heavy atom. The monoisotopic (exact) mass is 311 g/mol. The van der Waals surface area contributed by atoms with Gasteiger partial charge in [-0.3, -0.25) is 0 Å². The van der Waals surface area contributed by atoms with Gasteiger partial charge in [-0.25, -0.2) is 13.1 Å². The summed E-state index contributed by atoms with van der Waals surface area (Å²) >= 11 is 0. The molecule has 1 aliphatic heterocycles. The molecular formula is C15H25N3O2S. The molecular weight excluding hydrogens is 286 g/mol. The fourth-order valence-electron chi connectivity index (χ4n) is 2.82. The van der Waals surface area contributed by atoms with Crippen LogP contribution in [0.15, 0.2) is 29.2 Å². The van der Waals surface area contributed by atoms with Crippen LogP contribution in [0.2, 0.25) is 0 Å². The second kappa shape index (κ2) is 6.77. The average Bonchev–Trinajstić information content (AvgIpc) is 2.86. The molecule has 1 aromatic rings. The van der Waals surface area contributed by atoms with Crippen LogP contribution < -0.4 is 14.9 Å². The normalized spacial score (nSPS) is 19.4. The predicted octanol–water partition coefficient (Wildman–Crippen LogP) is 1.56. The fraction of sp³-hybridized carbons (Fsp3) is 0.600. The standard InChI is InChI=1S/C15H25N3O2S/c1-12(2)17-21(19,20)15-8-6-13(7-9-15)18-10-4-5-14(18)11-16-3/h6-9,12,14,16-17H,4-5,10-11H2,1-3H3. The molecule has 0 amide bonds. The SMILES string of the molecule is CNCC1CCCN1c1ccc(S(=O)(=O)NC(C)C)cc1. The lowest BCUT2D eigenvalue weighted by molar-refractivity contribution is 0.570. The first-order chi connectivity index (χ1) is 9.94. The van der Waals surface area contributed by atoms with Gasteiger partial charge in [0.2, 0.25) is 10.0 Å². The summed E-state index contributed by atoms with van der Waals surface area (Å²) in [6, 6.07) is 7.58. The first-order valence-electron chi connectivity index (χ1n) is 7.47. The Kier molecular flexibility index (Phi) is 5.24. The van der Waals surface area contributed by atoms with Crippen molar-refractivity contribution in [2.45, 2.75) is 43.7 Å². The van der Waals surface area contributed by atoms with Crippen LogP contribution in [-0.4, -0.2) is 40.6 Å². The Bertz CT molecular complexity index is 555. The number of nitrogens with one attached hydrogen (secondary N) is 2. The summed E-state index contributed by atoms with van der Waals surface area (Å²) < 4.78 is 26.8. The number of nitrogens with zero attached hydrogens (tertiary/aromatic N) is 1. The number of hydrogen-bond donors (Lipinski definition) is 2. The zero-order chi connectivity index (χ0) is 15.5. The van der Waals surface area contributed by atoms with E-state index in [0.717, 1.165) is 18.8 Å². The van der Waals surface area contributed by atoms with E-state index in [9.17, 15) is 8.42 Å². The van der Waals surface area contributed by atoms with Crippen molar-refractivity contribution < 1.29 is 8.42 Å². The van der Waals surface area contributed by atoms with Gasteiger partial charge in [0.15, 0.2) is 0 Å². The van der Waals surface area contributed by atoms with Gasteiger partial charge in [0.25, 0.3) is 0 Å². The summed E-state index contributed by atoms with van der Waals surface area (Å²) in [5.74, 6) is 0. The van der Waals surface area contributed by atoms with E-state index in [1.54, 1.807) is 12.1 Å². The molecule has 1 saturated heterocycles. The lowest BCUT2D eigenvalue weighted by Gasteiger charge is -2.26. The molecule has 1 atom stereocenters. The summed E-state index contributed by atoms with van der Waals surface area (Å²) in [5, 5.41) is 3.22. The highest BCUT2D eigenvalue weighted by Gasteiger charge is 2.24. The Hall–Kier alpha value is -1.11. The Morgan fingerprint density at radius 2 is 1.95 bits per heavy atom. The lowest BCUT2D eigenvalue weighted by atomic mass is 10.2. The van der Waals surface area contributed by atoms with Crippen LogP contribution in [0.25, 0.3) is 0 Å². The summed E-state index contributed by atoms with van der Waals surface area (Å²) in [7, 11) is -1.44. The zero-order valence-corrected chi connectivity index (χ0v) is 13.8. The van der Waals surface area contributed by atoms with E-state index in [0.29, 0.717) is 10.9 Å². The molecule has 0 saturated carbocycles. The average molecular weight is 311 g/mol. The molecule has 6 heteroatoms. The van der Waals surface area contributed by atoms with E-state index in [4.69, 9.17) is 0 Å². The van der Waals surface area contributed by atoms with Crippen molar-refractivity contribution in [3.05, 3.63) is 24.3 Å². The third-order valence-corrected chi connectivity index (χ3v) is 5.36. The van der Waals surface area contributed by atoms with E-state index in [2.05, 4.69) is 14.9 Å². The predicted molar refractivity (Wildman–Crippen MR) is 86.2 cm³/mol. The minimum absolute atomic E-state index is 0.103. The molecule has 0 aliphatic carbocycles. The van der Waals surface area contributed by atoms with Crippen molar-refractivity contribution in [1.29, 1.82) is 0 Å². The smallest absolute Gasteiger partial charge is 0.240 e. The van der Waals surface area contributed by atoms with E-state index < -0.39 is 10.0 Å². The Balaban J connectivity index is 2.15. The van der Waals surface area contributed by atoms with Gasteiger partial charge >= 0.3 is 0 Å². The van der Waals surface area contributed by atoms with Gasteiger partial charge in [-0.15, -0.1) is 0 Å². The fourth-order valence-corrected chi connectivity index (χ4v) is 4.07. The van der Waals surface area contributed by atoms with Gasteiger partial charge < -0.3 is 10.2 Å². The highest BCUT2D eigenvalue weighted by molar-refractivity contribution is 7.89. The minimum Gasteiger partial charge on any atom is -0.367 e. The van der Waals surface area contributed by atoms with Crippen molar-refractivity contribution in [3.8, 4) is 0 Å². The molecule has 1 fully saturated rings. The van der Waals surface area contributed by atoms with Crippen LogP contribution in [0.4, 0.5) is 5.69 Å². The van der Waals surface area contributed by atoms with E-state index in [-0.39, 0.29) is 6.04 Å². The maximum Gasteiger partial charge on any atom is 0.240 e. The van der Waals surface area contributed by atoms with Crippen molar-refractivity contribution in [2.24, 2.45) is 0 Å². The number of anilines is 1. The molecule has 1 heterocycles. The molecule has 2 rings (SSSR count). The number of rotatable bonds is 6. The lowest BCUT2D eigenvalue weighted by Crippen LogP contribution is -2.36. The van der Waals surface area contributed by atoms with Crippen LogP contribution in [0.1, 0.15) is 26.7 Å². The first-order valence-corrected chi connectivity index (χ1v) is 8.96. The maximum atomic E-state index is 12.1. The van der Waals surface area contributed by atoms with Gasteiger partial charge in [0.1, 0.15) is 0 Å². The molecule has 0 bridgehead atoms. The number of benzene rings is 1. The summed E-state index contributed by atoms with van der Waals surface area (Å²) in [5.41, 5.74) is 1.09. The van der Waals surface area contributed by atoms with E-state index in [1.807, 2.05) is 33.0 Å². The third kappa shape index (κ3) is 3.96. The number of hydrogen-bond acceptors (Lipinski definition) is 4. The molecule has 0 spiro atoms. The number of sulfonamides is 1. The molecule has 118 valence electrons. The topological polar surface area (TPSA) is 61.4 Å². The second-order valence-electron chi connectivity index (χ2n) is 5.82. The summed E-state index contributed by atoms with van der Waals surface area (Å²) in [6.45, 7) is 5.62. The van der Waals surface area contributed by atoms with Gasteiger partial charge in [-0.05, 0) is 58.0 Å². The van der Waals surface area contributed by atoms with Gasteiger partial charge in [-0.1, -0.05) is 0 Å². The number of likely N-dealkylation sites (N-methyl/N-ethyl adjacent to an activating group) is 1. The van der Waals surface area contributed by atoms with Crippen LogP contribution in [0.5, 0.6) is 0 Å². The molecule has 5 nitrogen and oxygen atoms in total. The second-order valence-corrected chi connectivity index (χ2v) is 7.53. The quantitative estimate of drug-likeness (QED) is 0.837. The molecule has 0 aromatic heterocycles. The Morgan fingerprint density at radius 3 is 2.52 bits per heavy atom. The summed E-state index contributed by atoms with van der Waals surface area (Å²) in [6.07, 6.45) is 2.36.